The first-order valence-electron chi connectivity index (χ1n) is 7.74. The van der Waals surface area contributed by atoms with Crippen LogP contribution in [0.1, 0.15) is 5.69 Å². The van der Waals surface area contributed by atoms with Crippen LogP contribution in [0.3, 0.4) is 0 Å². The van der Waals surface area contributed by atoms with Crippen LogP contribution < -0.4 is 5.32 Å². The molecule has 4 rings (SSSR count). The second-order valence-electron chi connectivity index (χ2n) is 5.46. The highest BCUT2D eigenvalue weighted by atomic mass is 35.5. The van der Waals surface area contributed by atoms with Crippen molar-refractivity contribution in [3.8, 4) is 11.4 Å². The molecular formula is C16H12Cl2N8S. The summed E-state index contributed by atoms with van der Waals surface area (Å²) in [6.45, 7) is 1.89. The minimum absolute atomic E-state index is 0.399. The van der Waals surface area contributed by atoms with Gasteiger partial charge in [0.25, 0.3) is 5.78 Å². The summed E-state index contributed by atoms with van der Waals surface area (Å²) in [5.74, 6) is 0.847. The van der Waals surface area contributed by atoms with Gasteiger partial charge in [-0.2, -0.15) is 9.50 Å². The van der Waals surface area contributed by atoms with Crippen molar-refractivity contribution in [3.05, 3.63) is 46.2 Å². The monoisotopic (exact) mass is 418 g/mol. The van der Waals surface area contributed by atoms with Crippen molar-refractivity contribution in [3.63, 3.8) is 0 Å². The molecule has 4 aromatic rings. The van der Waals surface area contributed by atoms with Gasteiger partial charge in [0.2, 0.25) is 11.1 Å². The summed E-state index contributed by atoms with van der Waals surface area (Å²) in [5.41, 5.74) is 2.72. The summed E-state index contributed by atoms with van der Waals surface area (Å²) in [6, 6.07) is 6.96. The zero-order valence-electron chi connectivity index (χ0n) is 14.2. The van der Waals surface area contributed by atoms with Gasteiger partial charge >= 0.3 is 0 Å². The van der Waals surface area contributed by atoms with Crippen LogP contribution in [-0.2, 0) is 0 Å². The first-order chi connectivity index (χ1) is 13.0. The number of hydrogen-bond donors (Lipinski definition) is 1. The highest BCUT2D eigenvalue weighted by molar-refractivity contribution is 7.98. The molecule has 3 heterocycles. The van der Waals surface area contributed by atoms with E-state index < -0.39 is 0 Å². The van der Waals surface area contributed by atoms with Crippen LogP contribution in [0, 0.1) is 6.92 Å². The van der Waals surface area contributed by atoms with Gasteiger partial charge in [-0.25, -0.2) is 9.97 Å². The lowest BCUT2D eigenvalue weighted by molar-refractivity contribution is 0.824. The maximum Gasteiger partial charge on any atom is 0.272 e. The van der Waals surface area contributed by atoms with Crippen molar-refractivity contribution >= 4 is 52.4 Å². The first-order valence-corrected chi connectivity index (χ1v) is 9.73. The molecule has 1 N–H and O–H groups in total. The molecule has 0 aliphatic rings. The summed E-state index contributed by atoms with van der Waals surface area (Å²) >= 11 is 13.4. The van der Waals surface area contributed by atoms with E-state index in [1.54, 1.807) is 35.0 Å². The third kappa shape index (κ3) is 3.53. The Morgan fingerprint density at radius 3 is 2.70 bits per heavy atom. The van der Waals surface area contributed by atoms with Crippen LogP contribution in [0.15, 0.2) is 35.6 Å². The topological polar surface area (TPSA) is 93.8 Å². The molecule has 11 heteroatoms. The molecule has 0 spiro atoms. The zero-order chi connectivity index (χ0) is 19.0. The molecule has 3 aromatic heterocycles. The largest absolute Gasteiger partial charge is 0.324 e. The predicted molar refractivity (Wildman–Crippen MR) is 106 cm³/mol. The number of aryl methyl sites for hydroxylation is 1. The van der Waals surface area contributed by atoms with E-state index in [0.717, 1.165) is 11.4 Å². The maximum atomic E-state index is 6.05. The van der Waals surface area contributed by atoms with Crippen LogP contribution in [-0.4, -0.2) is 41.0 Å². The standard InChI is InChI=1S/C16H12Cl2N8S/c1-8-13(23-24-15-22-16(27-2)25-26(8)15)12-5-6-19-14(21-12)20-9-3-4-10(17)11(18)7-9/h3-7H,1-2H3,(H,19,20,21). The van der Waals surface area contributed by atoms with E-state index >= 15 is 0 Å². The summed E-state index contributed by atoms with van der Waals surface area (Å²) in [6.07, 6.45) is 3.55. The molecule has 0 fully saturated rings. The Balaban J connectivity index is 1.70. The van der Waals surface area contributed by atoms with Gasteiger partial charge in [-0.15, -0.1) is 15.3 Å². The predicted octanol–water partition coefficient (Wildman–Crippen LogP) is 4.06. The minimum Gasteiger partial charge on any atom is -0.324 e. The number of benzene rings is 1. The third-order valence-electron chi connectivity index (χ3n) is 3.73. The molecule has 136 valence electrons. The fourth-order valence-electron chi connectivity index (χ4n) is 2.42. The van der Waals surface area contributed by atoms with E-state index in [4.69, 9.17) is 23.2 Å². The Labute approximate surface area is 168 Å². The average Bonchev–Trinajstić information content (AvgIpc) is 3.10. The second kappa shape index (κ2) is 7.26. The fraction of sp³-hybridized carbons (Fsp3) is 0.125. The van der Waals surface area contributed by atoms with Crippen molar-refractivity contribution in [1.82, 2.24) is 34.8 Å². The van der Waals surface area contributed by atoms with Gasteiger partial charge in [0.05, 0.1) is 21.4 Å². The number of nitrogens with one attached hydrogen (secondary N) is 1. The van der Waals surface area contributed by atoms with Crippen LogP contribution in [0.5, 0.6) is 0 Å². The quantitative estimate of drug-likeness (QED) is 0.495. The van der Waals surface area contributed by atoms with Crippen molar-refractivity contribution in [2.45, 2.75) is 12.1 Å². The maximum absolute atomic E-state index is 6.05. The Hall–Kier alpha value is -2.49. The molecule has 27 heavy (non-hydrogen) atoms. The van der Waals surface area contributed by atoms with Gasteiger partial charge in [-0.1, -0.05) is 35.0 Å². The highest BCUT2D eigenvalue weighted by Crippen LogP contribution is 2.27. The minimum atomic E-state index is 0.399. The Kier molecular flexibility index (Phi) is 4.81. The van der Waals surface area contributed by atoms with Crippen LogP contribution in [0.25, 0.3) is 17.2 Å². The molecule has 1 aromatic carbocycles. The van der Waals surface area contributed by atoms with Gasteiger partial charge in [0.15, 0.2) is 0 Å². The third-order valence-corrected chi connectivity index (χ3v) is 5.00. The van der Waals surface area contributed by atoms with E-state index in [9.17, 15) is 0 Å². The highest BCUT2D eigenvalue weighted by Gasteiger charge is 2.14. The number of aromatic nitrogens is 7. The molecule has 0 radical (unpaired) electrons. The second-order valence-corrected chi connectivity index (χ2v) is 7.05. The number of anilines is 2. The number of thioether (sulfide) groups is 1. The molecule has 0 saturated carbocycles. The number of hydrogen-bond acceptors (Lipinski definition) is 8. The Morgan fingerprint density at radius 2 is 1.93 bits per heavy atom. The average molecular weight is 419 g/mol. The van der Waals surface area contributed by atoms with E-state index in [0.29, 0.717) is 38.3 Å². The lowest BCUT2D eigenvalue weighted by Crippen LogP contribution is -2.05. The van der Waals surface area contributed by atoms with Gasteiger partial charge in [-0.05, 0) is 37.4 Å². The van der Waals surface area contributed by atoms with Crippen molar-refractivity contribution in [1.29, 1.82) is 0 Å². The van der Waals surface area contributed by atoms with Crippen LogP contribution in [0.2, 0.25) is 10.0 Å². The molecule has 0 bridgehead atoms. The summed E-state index contributed by atoms with van der Waals surface area (Å²) < 4.78 is 1.66. The molecule has 0 saturated heterocycles. The van der Waals surface area contributed by atoms with E-state index in [-0.39, 0.29) is 0 Å². The Morgan fingerprint density at radius 1 is 1.07 bits per heavy atom. The number of nitrogens with zero attached hydrogens (tertiary/aromatic N) is 7. The smallest absolute Gasteiger partial charge is 0.272 e. The van der Waals surface area contributed by atoms with E-state index in [1.807, 2.05) is 13.2 Å². The van der Waals surface area contributed by atoms with Gasteiger partial charge in [-0.3, -0.25) is 0 Å². The lowest BCUT2D eigenvalue weighted by atomic mass is 10.2. The summed E-state index contributed by atoms with van der Waals surface area (Å²) in [7, 11) is 0. The molecule has 0 amide bonds. The van der Waals surface area contributed by atoms with Gasteiger partial charge < -0.3 is 5.32 Å². The number of fused-ring (bicyclic) bond motifs is 1. The van der Waals surface area contributed by atoms with Gasteiger partial charge in [0, 0.05) is 11.9 Å². The Bertz CT molecular complexity index is 1150. The van der Waals surface area contributed by atoms with Crippen molar-refractivity contribution in [2.24, 2.45) is 0 Å². The van der Waals surface area contributed by atoms with Crippen LogP contribution >= 0.6 is 35.0 Å². The summed E-state index contributed by atoms with van der Waals surface area (Å²) in [5, 5.41) is 17.5. The van der Waals surface area contributed by atoms with E-state index in [2.05, 4.69) is 35.6 Å². The molecule has 0 aliphatic heterocycles. The summed E-state index contributed by atoms with van der Waals surface area (Å²) in [4.78, 5) is 13.0. The van der Waals surface area contributed by atoms with E-state index in [1.165, 1.54) is 11.8 Å². The van der Waals surface area contributed by atoms with Crippen LogP contribution in [0.4, 0.5) is 11.6 Å². The van der Waals surface area contributed by atoms with Gasteiger partial charge in [0.1, 0.15) is 5.69 Å². The lowest BCUT2D eigenvalue weighted by Gasteiger charge is -2.08. The zero-order valence-corrected chi connectivity index (χ0v) is 16.5. The molecular weight excluding hydrogens is 407 g/mol. The molecule has 0 aliphatic carbocycles. The molecule has 8 nitrogen and oxygen atoms in total. The first kappa shape index (κ1) is 17.9. The molecule has 0 atom stereocenters. The molecule has 0 unspecified atom stereocenters. The number of rotatable bonds is 4. The van der Waals surface area contributed by atoms with Crippen molar-refractivity contribution < 1.29 is 0 Å². The SMILES string of the molecule is CSc1nc2nnc(-c3ccnc(Nc4ccc(Cl)c(Cl)c4)n3)c(C)n2n1. The normalized spacial score (nSPS) is 11.1. The number of halogens is 2. The fourth-order valence-corrected chi connectivity index (χ4v) is 3.05. The van der Waals surface area contributed by atoms with Crippen molar-refractivity contribution in [2.75, 3.05) is 11.6 Å².